The number of nitrogens with one attached hydrogen (secondary N) is 1. The number of hydrogen-bond acceptors (Lipinski definition) is 3. The van der Waals surface area contributed by atoms with E-state index < -0.39 is 17.2 Å². The molecule has 7 heteroatoms. The maximum atomic E-state index is 12.5. The lowest BCUT2D eigenvalue weighted by Crippen LogP contribution is -2.21. The lowest BCUT2D eigenvalue weighted by atomic mass is 10.0. The van der Waals surface area contributed by atoms with Gasteiger partial charge >= 0.3 is 6.18 Å². The molecule has 0 bridgehead atoms. The average Bonchev–Trinajstić information content (AvgIpc) is 2.28. The molecule has 18 heavy (non-hydrogen) atoms. The van der Waals surface area contributed by atoms with E-state index in [0.717, 1.165) is 25.3 Å². The normalized spacial score (nSPS) is 19.9. The highest BCUT2D eigenvalue weighted by molar-refractivity contribution is 6.28. The molecule has 98 valence electrons. The summed E-state index contributed by atoms with van der Waals surface area (Å²) in [7, 11) is 0. The van der Waals surface area contributed by atoms with Crippen LogP contribution < -0.4 is 5.32 Å². The molecule has 1 unspecified atom stereocenters. The molecule has 0 aliphatic heterocycles. The predicted octanol–water partition coefficient (Wildman–Crippen LogP) is 3.67. The van der Waals surface area contributed by atoms with Gasteiger partial charge in [0.15, 0.2) is 5.69 Å². The Morgan fingerprint density at radius 2 is 2.06 bits per heavy atom. The van der Waals surface area contributed by atoms with Gasteiger partial charge in [0, 0.05) is 12.1 Å². The van der Waals surface area contributed by atoms with Crippen molar-refractivity contribution < 1.29 is 13.2 Å². The summed E-state index contributed by atoms with van der Waals surface area (Å²) in [6.45, 7) is 0. The first kappa shape index (κ1) is 13.1. The molecule has 0 amide bonds. The van der Waals surface area contributed by atoms with Gasteiger partial charge in [-0.1, -0.05) is 12.2 Å². The fraction of sp³-hybridized carbons (Fsp3) is 0.455. The molecule has 1 atom stereocenters. The molecule has 3 nitrogen and oxygen atoms in total. The molecular weight excluding hydrogens is 267 g/mol. The fourth-order valence-corrected chi connectivity index (χ4v) is 1.95. The van der Waals surface area contributed by atoms with Crippen molar-refractivity contribution in [2.24, 2.45) is 0 Å². The van der Waals surface area contributed by atoms with Gasteiger partial charge in [-0.2, -0.15) is 13.2 Å². The third kappa shape index (κ3) is 3.35. The van der Waals surface area contributed by atoms with Crippen LogP contribution in [-0.4, -0.2) is 16.0 Å². The SMILES string of the molecule is FC(F)(F)c1cc(NC2CC=CCC2)nc(Cl)n1. The van der Waals surface area contributed by atoms with E-state index in [0.29, 0.717) is 0 Å². The monoisotopic (exact) mass is 277 g/mol. The zero-order valence-corrected chi connectivity index (χ0v) is 10.1. The maximum absolute atomic E-state index is 12.5. The van der Waals surface area contributed by atoms with Crippen LogP contribution in [0.25, 0.3) is 0 Å². The Labute approximate surface area is 107 Å². The quantitative estimate of drug-likeness (QED) is 0.662. The molecule has 0 fully saturated rings. The van der Waals surface area contributed by atoms with Crippen molar-refractivity contribution in [1.82, 2.24) is 9.97 Å². The van der Waals surface area contributed by atoms with E-state index in [4.69, 9.17) is 11.6 Å². The summed E-state index contributed by atoms with van der Waals surface area (Å²) in [4.78, 5) is 6.93. The van der Waals surface area contributed by atoms with E-state index >= 15 is 0 Å². The van der Waals surface area contributed by atoms with E-state index in [1.165, 1.54) is 0 Å². The molecule has 2 rings (SSSR count). The number of alkyl halides is 3. The van der Waals surface area contributed by atoms with E-state index in [9.17, 15) is 13.2 Å². The highest BCUT2D eigenvalue weighted by atomic mass is 35.5. The van der Waals surface area contributed by atoms with E-state index in [1.807, 2.05) is 12.2 Å². The lowest BCUT2D eigenvalue weighted by molar-refractivity contribution is -0.141. The summed E-state index contributed by atoms with van der Waals surface area (Å²) < 4.78 is 37.6. The standard InChI is InChI=1S/C11H11ClF3N3/c12-10-17-8(11(13,14)15)6-9(18-10)16-7-4-2-1-3-5-7/h1-2,6-7H,3-5H2,(H,16,17,18). The number of rotatable bonds is 2. The van der Waals surface area contributed by atoms with Gasteiger partial charge in [0.2, 0.25) is 5.28 Å². The molecule has 0 aromatic carbocycles. The second-order valence-electron chi connectivity index (χ2n) is 4.03. The van der Waals surface area contributed by atoms with Crippen LogP contribution in [0.4, 0.5) is 19.0 Å². The molecule has 0 radical (unpaired) electrons. The van der Waals surface area contributed by atoms with E-state index in [-0.39, 0.29) is 11.9 Å². The second-order valence-corrected chi connectivity index (χ2v) is 4.37. The van der Waals surface area contributed by atoms with Crippen LogP contribution in [0.5, 0.6) is 0 Å². The minimum atomic E-state index is -4.52. The minimum Gasteiger partial charge on any atom is -0.367 e. The van der Waals surface area contributed by atoms with Crippen LogP contribution >= 0.6 is 11.6 Å². The second kappa shape index (κ2) is 5.14. The molecule has 1 aliphatic rings. The van der Waals surface area contributed by atoms with E-state index in [1.54, 1.807) is 0 Å². The summed E-state index contributed by atoms with van der Waals surface area (Å²) in [6, 6.07) is 0.964. The van der Waals surface area contributed by atoms with E-state index in [2.05, 4.69) is 15.3 Å². The van der Waals surface area contributed by atoms with Gasteiger partial charge in [-0.25, -0.2) is 9.97 Å². The Morgan fingerprint density at radius 1 is 1.28 bits per heavy atom. The Bertz CT molecular complexity index is 459. The smallest absolute Gasteiger partial charge is 0.367 e. The molecule has 0 saturated carbocycles. The summed E-state index contributed by atoms with van der Waals surface area (Å²) in [5, 5.41) is 2.54. The van der Waals surface area contributed by atoms with Gasteiger partial charge in [0.05, 0.1) is 0 Å². The number of hydrogen-bond donors (Lipinski definition) is 1. The number of aromatic nitrogens is 2. The minimum absolute atomic E-state index is 0.0852. The number of allylic oxidation sites excluding steroid dienone is 1. The molecule has 1 aromatic heterocycles. The van der Waals surface area contributed by atoms with Crippen LogP contribution in [-0.2, 0) is 6.18 Å². The predicted molar refractivity (Wildman–Crippen MR) is 62.4 cm³/mol. The number of nitrogens with zero attached hydrogens (tertiary/aromatic N) is 2. The maximum Gasteiger partial charge on any atom is 0.433 e. The molecule has 1 aromatic rings. The van der Waals surface area contributed by atoms with Crippen molar-refractivity contribution in [2.75, 3.05) is 5.32 Å². The molecule has 1 N–H and O–H groups in total. The van der Waals surface area contributed by atoms with Gasteiger partial charge in [0.1, 0.15) is 5.82 Å². The van der Waals surface area contributed by atoms with Crippen molar-refractivity contribution in [3.05, 3.63) is 29.2 Å². The summed E-state index contributed by atoms with van der Waals surface area (Å²) in [5.41, 5.74) is -1.03. The highest BCUT2D eigenvalue weighted by Crippen LogP contribution is 2.30. The van der Waals surface area contributed by atoms with Gasteiger partial charge in [-0.05, 0) is 30.9 Å². The van der Waals surface area contributed by atoms with Gasteiger partial charge in [-0.15, -0.1) is 0 Å². The van der Waals surface area contributed by atoms with Crippen LogP contribution in [0.3, 0.4) is 0 Å². The third-order valence-corrected chi connectivity index (χ3v) is 2.78. The van der Waals surface area contributed by atoms with Crippen LogP contribution in [0.2, 0.25) is 5.28 Å². The highest BCUT2D eigenvalue weighted by Gasteiger charge is 2.33. The number of halogens is 4. The first-order valence-corrected chi connectivity index (χ1v) is 5.86. The fourth-order valence-electron chi connectivity index (χ4n) is 1.77. The summed E-state index contributed by atoms with van der Waals surface area (Å²) in [5.74, 6) is 0.114. The van der Waals surface area contributed by atoms with Gasteiger partial charge in [0.25, 0.3) is 0 Å². The summed E-state index contributed by atoms with van der Waals surface area (Å²) >= 11 is 5.50. The molecule has 0 saturated heterocycles. The molecule has 1 aliphatic carbocycles. The number of anilines is 1. The molecular formula is C11H11ClF3N3. The van der Waals surface area contributed by atoms with Crippen molar-refractivity contribution in [1.29, 1.82) is 0 Å². The largest absolute Gasteiger partial charge is 0.433 e. The lowest BCUT2D eigenvalue weighted by Gasteiger charge is -2.20. The Hall–Kier alpha value is -1.30. The third-order valence-electron chi connectivity index (χ3n) is 2.61. The zero-order valence-electron chi connectivity index (χ0n) is 9.34. The van der Waals surface area contributed by atoms with Crippen molar-refractivity contribution >= 4 is 17.4 Å². The average molecular weight is 278 g/mol. The topological polar surface area (TPSA) is 37.8 Å². The van der Waals surface area contributed by atoms with Crippen molar-refractivity contribution in [2.45, 2.75) is 31.5 Å². The Morgan fingerprint density at radius 3 is 2.67 bits per heavy atom. The Kier molecular flexibility index (Phi) is 3.75. The van der Waals surface area contributed by atoms with Crippen LogP contribution in [0, 0.1) is 0 Å². The zero-order chi connectivity index (χ0) is 13.2. The van der Waals surface area contributed by atoms with Gasteiger partial charge in [-0.3, -0.25) is 0 Å². The first-order valence-electron chi connectivity index (χ1n) is 5.48. The van der Waals surface area contributed by atoms with Crippen LogP contribution in [0.15, 0.2) is 18.2 Å². The summed E-state index contributed by atoms with van der Waals surface area (Å²) in [6.07, 6.45) is 2.06. The molecule has 0 spiro atoms. The first-order chi connectivity index (χ1) is 8.45. The van der Waals surface area contributed by atoms with Gasteiger partial charge < -0.3 is 5.32 Å². The Balaban J connectivity index is 2.17. The van der Waals surface area contributed by atoms with Crippen LogP contribution in [0.1, 0.15) is 25.0 Å². The molecule has 1 heterocycles. The van der Waals surface area contributed by atoms with Crippen molar-refractivity contribution in [3.63, 3.8) is 0 Å². The van der Waals surface area contributed by atoms with Crippen molar-refractivity contribution in [3.8, 4) is 0 Å².